The second kappa shape index (κ2) is 8.58. The van der Waals surface area contributed by atoms with Crippen molar-refractivity contribution in [2.24, 2.45) is 0 Å². The Bertz CT molecular complexity index is 842. The lowest BCUT2D eigenvalue weighted by atomic mass is 9.81. The maximum Gasteiger partial charge on any atom is 0.00793 e. The predicted octanol–water partition coefficient (Wildman–Crippen LogP) is 7.04. The van der Waals surface area contributed by atoms with E-state index < -0.39 is 0 Å². The Kier molecular flexibility index (Phi) is 7.22. The molecule has 0 bridgehead atoms. The third-order valence-corrected chi connectivity index (χ3v) is 10.1. The van der Waals surface area contributed by atoms with E-state index in [4.69, 9.17) is 0 Å². The van der Waals surface area contributed by atoms with Crippen LogP contribution < -0.4 is 10.6 Å². The molecule has 0 nitrogen and oxygen atoms in total. The van der Waals surface area contributed by atoms with Crippen LogP contribution in [0.25, 0.3) is 0 Å². The summed E-state index contributed by atoms with van der Waals surface area (Å²) in [6.45, 7) is 30.8. The number of rotatable bonds is 4. The van der Waals surface area contributed by atoms with Gasteiger partial charge in [0.15, 0.2) is 0 Å². The summed E-state index contributed by atoms with van der Waals surface area (Å²) in [6, 6.07) is 0. The van der Waals surface area contributed by atoms with Crippen LogP contribution in [-0.4, -0.2) is 26.7 Å². The summed E-state index contributed by atoms with van der Waals surface area (Å²) < 4.78 is 0. The van der Waals surface area contributed by atoms with Crippen LogP contribution in [0.2, 0.25) is 0 Å². The van der Waals surface area contributed by atoms with E-state index in [1.807, 2.05) is 0 Å². The summed E-state index contributed by atoms with van der Waals surface area (Å²) in [5.41, 5.74) is 15.2. The highest BCUT2D eigenvalue weighted by Crippen LogP contribution is 2.42. The largest absolute Gasteiger partial charge is 0.0811 e. The van der Waals surface area contributed by atoms with Gasteiger partial charge in [0, 0.05) is 5.92 Å². The quantitative estimate of drug-likeness (QED) is 0.471. The van der Waals surface area contributed by atoms with E-state index in [9.17, 15) is 0 Å². The van der Waals surface area contributed by atoms with E-state index in [-0.39, 0.29) is 15.8 Å². The minimum atomic E-state index is -0.156. The van der Waals surface area contributed by atoms with Crippen molar-refractivity contribution in [3.05, 3.63) is 55.6 Å². The number of benzene rings is 2. The zero-order chi connectivity index (χ0) is 21.7. The van der Waals surface area contributed by atoms with Gasteiger partial charge in [-0.25, -0.2) is 0 Å². The summed E-state index contributed by atoms with van der Waals surface area (Å²) >= 11 is 0. The maximum absolute atomic E-state index is 2.47. The first-order chi connectivity index (χ1) is 12.8. The third kappa shape index (κ3) is 3.73. The molecule has 0 radical (unpaired) electrons. The van der Waals surface area contributed by atoms with Gasteiger partial charge in [-0.1, -0.05) is 22.8 Å². The van der Waals surface area contributed by atoms with Crippen LogP contribution in [0.15, 0.2) is 0 Å². The fraction of sp³-hybridized carbons (Fsp3) is 0.538. The Morgan fingerprint density at radius 3 is 0.929 bits per heavy atom. The molecule has 0 aromatic heterocycles. The average Bonchev–Trinajstić information content (AvgIpc) is 2.62. The van der Waals surface area contributed by atoms with Gasteiger partial charge in [0.1, 0.15) is 0 Å². The minimum Gasteiger partial charge on any atom is -0.0811 e. The van der Waals surface area contributed by atoms with Gasteiger partial charge in [0.05, 0.1) is 0 Å². The van der Waals surface area contributed by atoms with Crippen LogP contribution in [0.3, 0.4) is 0 Å². The number of hydrogen-bond acceptors (Lipinski definition) is 0. The van der Waals surface area contributed by atoms with Gasteiger partial charge in [-0.3, -0.25) is 0 Å². The van der Waals surface area contributed by atoms with E-state index in [0.717, 1.165) is 0 Å². The Morgan fingerprint density at radius 2 is 0.679 bits per heavy atom. The molecule has 2 rings (SSSR count). The predicted molar refractivity (Wildman–Crippen MR) is 135 cm³/mol. The van der Waals surface area contributed by atoms with Crippen LogP contribution in [0.5, 0.6) is 0 Å². The first-order valence-electron chi connectivity index (χ1n) is 10.4. The molecule has 28 heavy (non-hydrogen) atoms. The fourth-order valence-electron chi connectivity index (χ4n) is 5.00. The molecule has 0 aliphatic heterocycles. The molecule has 2 aromatic carbocycles. The molecular formula is C26H40P2. The van der Waals surface area contributed by atoms with Crippen molar-refractivity contribution in [2.75, 3.05) is 26.7 Å². The fourth-order valence-corrected chi connectivity index (χ4v) is 8.36. The zero-order valence-electron chi connectivity index (χ0n) is 20.5. The molecule has 0 atom stereocenters. The minimum absolute atomic E-state index is 0.156. The summed E-state index contributed by atoms with van der Waals surface area (Å²) in [4.78, 5) is 0. The molecule has 0 fully saturated rings. The molecule has 0 amide bonds. The lowest BCUT2D eigenvalue weighted by molar-refractivity contribution is 0.899. The highest BCUT2D eigenvalue weighted by Gasteiger charge is 2.27. The molecule has 0 N–H and O–H groups in total. The Hall–Kier alpha value is -0.700. The molecule has 0 heterocycles. The van der Waals surface area contributed by atoms with Gasteiger partial charge in [-0.05, 0) is 148 Å². The van der Waals surface area contributed by atoms with Crippen molar-refractivity contribution >= 4 is 26.5 Å². The third-order valence-electron chi connectivity index (χ3n) is 7.16. The van der Waals surface area contributed by atoms with Crippen LogP contribution in [0.1, 0.15) is 68.5 Å². The molecule has 154 valence electrons. The SMILES string of the molecule is Cc1c(C)c(C)c(P(C)C)c(C(C)c2c(C)c(C)c(C)c(C)c2P(C)C)c1C. The van der Waals surface area contributed by atoms with Gasteiger partial charge in [0.25, 0.3) is 0 Å². The number of hydrogen-bond donors (Lipinski definition) is 0. The summed E-state index contributed by atoms with van der Waals surface area (Å²) in [5.74, 6) is 0.441. The second-order valence-corrected chi connectivity index (χ2v) is 13.5. The van der Waals surface area contributed by atoms with E-state index in [0.29, 0.717) is 5.92 Å². The van der Waals surface area contributed by atoms with Crippen LogP contribution >= 0.6 is 15.8 Å². The molecule has 0 aliphatic carbocycles. The molecule has 0 saturated heterocycles. The smallest absolute Gasteiger partial charge is 0.00793 e. The van der Waals surface area contributed by atoms with Crippen molar-refractivity contribution in [1.29, 1.82) is 0 Å². The van der Waals surface area contributed by atoms with E-state index in [1.165, 1.54) is 44.5 Å². The van der Waals surface area contributed by atoms with Crippen LogP contribution in [0, 0.1) is 55.4 Å². The molecule has 2 aromatic rings. The maximum atomic E-state index is 2.47. The van der Waals surface area contributed by atoms with Crippen molar-refractivity contribution in [2.45, 2.75) is 68.2 Å². The Labute approximate surface area is 177 Å². The monoisotopic (exact) mass is 414 g/mol. The molecule has 0 aliphatic rings. The zero-order valence-corrected chi connectivity index (χ0v) is 22.3. The summed E-state index contributed by atoms with van der Waals surface area (Å²) in [6.07, 6.45) is 0. The van der Waals surface area contributed by atoms with Crippen molar-refractivity contribution < 1.29 is 0 Å². The van der Waals surface area contributed by atoms with Crippen LogP contribution in [0.4, 0.5) is 0 Å². The first kappa shape index (κ1) is 23.6. The van der Waals surface area contributed by atoms with Gasteiger partial charge in [-0.15, -0.1) is 0 Å². The molecule has 2 heteroatoms. The Morgan fingerprint density at radius 1 is 0.429 bits per heavy atom. The van der Waals surface area contributed by atoms with E-state index in [1.54, 1.807) is 21.7 Å². The van der Waals surface area contributed by atoms with E-state index >= 15 is 0 Å². The average molecular weight is 415 g/mol. The summed E-state index contributed by atoms with van der Waals surface area (Å²) in [7, 11) is -0.311. The lowest BCUT2D eigenvalue weighted by Crippen LogP contribution is -2.25. The van der Waals surface area contributed by atoms with E-state index in [2.05, 4.69) is 89.0 Å². The molecular weight excluding hydrogens is 374 g/mol. The topological polar surface area (TPSA) is 0 Å². The first-order valence-corrected chi connectivity index (χ1v) is 14.9. The van der Waals surface area contributed by atoms with Gasteiger partial charge in [-0.2, -0.15) is 0 Å². The van der Waals surface area contributed by atoms with Gasteiger partial charge >= 0.3 is 0 Å². The van der Waals surface area contributed by atoms with Gasteiger partial charge in [0.2, 0.25) is 0 Å². The highest BCUT2D eigenvalue weighted by molar-refractivity contribution is 7.64. The molecule has 0 saturated carbocycles. The normalized spacial score (nSPS) is 12.0. The Balaban J connectivity index is 2.99. The van der Waals surface area contributed by atoms with Crippen molar-refractivity contribution in [3.8, 4) is 0 Å². The van der Waals surface area contributed by atoms with Crippen LogP contribution in [-0.2, 0) is 0 Å². The second-order valence-electron chi connectivity index (χ2n) is 9.04. The molecule has 0 unspecified atom stereocenters. The standard InChI is InChI=1S/C26H40P2/c1-14-16(3)20(7)25(27(10)11)23(18(14)5)22(9)24-19(6)15(2)17(4)21(8)26(24)28(12)13/h22H,1-13H3. The lowest BCUT2D eigenvalue weighted by Gasteiger charge is -2.32. The van der Waals surface area contributed by atoms with Crippen molar-refractivity contribution in [1.82, 2.24) is 0 Å². The summed E-state index contributed by atoms with van der Waals surface area (Å²) in [5, 5.41) is 3.28. The van der Waals surface area contributed by atoms with Gasteiger partial charge < -0.3 is 0 Å². The highest BCUT2D eigenvalue weighted by atomic mass is 31.1. The van der Waals surface area contributed by atoms with Crippen molar-refractivity contribution in [3.63, 3.8) is 0 Å². The molecule has 0 spiro atoms.